The number of nitrogens with zero attached hydrogens (tertiary/aromatic N) is 3. The van der Waals surface area contributed by atoms with Gasteiger partial charge in [0.2, 0.25) is 0 Å². The van der Waals surface area contributed by atoms with E-state index in [1.807, 2.05) is 0 Å². The molecule has 0 spiro atoms. The molecule has 1 unspecified atom stereocenters. The van der Waals surface area contributed by atoms with Crippen molar-refractivity contribution in [1.82, 2.24) is 14.3 Å². The van der Waals surface area contributed by atoms with Gasteiger partial charge >= 0.3 is 0 Å². The smallest absolute Gasteiger partial charge is 0.137 e. The summed E-state index contributed by atoms with van der Waals surface area (Å²) in [6, 6.07) is 4.14. The van der Waals surface area contributed by atoms with Crippen molar-refractivity contribution >= 4 is 5.65 Å². The summed E-state index contributed by atoms with van der Waals surface area (Å²) in [5, 5.41) is 9.15. The van der Waals surface area contributed by atoms with Gasteiger partial charge in [0.05, 0.1) is 5.69 Å². The molecular formula is C14H19N3O. The van der Waals surface area contributed by atoms with Crippen LogP contribution in [0.2, 0.25) is 0 Å². The molecule has 0 saturated carbocycles. The zero-order valence-corrected chi connectivity index (χ0v) is 10.7. The molecule has 3 heterocycles. The lowest BCUT2D eigenvalue weighted by Gasteiger charge is -2.13. The first-order valence-electron chi connectivity index (χ1n) is 6.52. The molecule has 1 aliphatic rings. The molecule has 0 aliphatic carbocycles. The third-order valence-corrected chi connectivity index (χ3v) is 3.66. The summed E-state index contributed by atoms with van der Waals surface area (Å²) in [6.45, 7) is 5.34. The maximum absolute atomic E-state index is 9.15. The van der Waals surface area contributed by atoms with Crippen LogP contribution in [0.4, 0.5) is 0 Å². The Morgan fingerprint density at radius 3 is 3.06 bits per heavy atom. The van der Waals surface area contributed by atoms with E-state index in [0.717, 1.165) is 37.4 Å². The average molecular weight is 245 g/mol. The topological polar surface area (TPSA) is 40.8 Å². The standard InChI is InChI=1S/C14H19N3O/c1-11-2-3-14-15-13(9-17(14)6-11)8-16-5-4-12(7-16)10-18/h2-3,6,9,12,18H,4-5,7-8,10H2,1H3. The molecule has 2 aromatic heterocycles. The zero-order valence-electron chi connectivity index (χ0n) is 10.7. The van der Waals surface area contributed by atoms with Crippen molar-refractivity contribution < 1.29 is 5.11 Å². The highest BCUT2D eigenvalue weighted by atomic mass is 16.3. The van der Waals surface area contributed by atoms with E-state index in [0.29, 0.717) is 12.5 Å². The molecule has 1 saturated heterocycles. The molecule has 0 radical (unpaired) electrons. The summed E-state index contributed by atoms with van der Waals surface area (Å²) < 4.78 is 2.09. The minimum atomic E-state index is 0.306. The van der Waals surface area contributed by atoms with Crippen LogP contribution in [-0.2, 0) is 6.54 Å². The van der Waals surface area contributed by atoms with Crippen molar-refractivity contribution in [2.75, 3.05) is 19.7 Å². The van der Waals surface area contributed by atoms with Crippen molar-refractivity contribution in [3.05, 3.63) is 35.8 Å². The fourth-order valence-corrected chi connectivity index (χ4v) is 2.67. The molecule has 1 atom stereocenters. The molecular weight excluding hydrogens is 226 g/mol. The van der Waals surface area contributed by atoms with Crippen LogP contribution in [0.5, 0.6) is 0 Å². The van der Waals surface area contributed by atoms with Gasteiger partial charge in [-0.05, 0) is 37.4 Å². The van der Waals surface area contributed by atoms with E-state index in [1.54, 1.807) is 0 Å². The van der Waals surface area contributed by atoms with Gasteiger partial charge in [0.15, 0.2) is 0 Å². The Kier molecular flexibility index (Phi) is 3.06. The number of aliphatic hydroxyl groups excluding tert-OH is 1. The van der Waals surface area contributed by atoms with E-state index >= 15 is 0 Å². The first kappa shape index (κ1) is 11.7. The molecule has 4 heteroatoms. The minimum absolute atomic E-state index is 0.306. The number of hydrogen-bond donors (Lipinski definition) is 1. The molecule has 1 fully saturated rings. The summed E-state index contributed by atoms with van der Waals surface area (Å²) in [5.41, 5.74) is 3.36. The maximum Gasteiger partial charge on any atom is 0.137 e. The minimum Gasteiger partial charge on any atom is -0.396 e. The quantitative estimate of drug-likeness (QED) is 0.890. The van der Waals surface area contributed by atoms with Gasteiger partial charge < -0.3 is 9.51 Å². The van der Waals surface area contributed by atoms with Gasteiger partial charge in [0.1, 0.15) is 5.65 Å². The summed E-state index contributed by atoms with van der Waals surface area (Å²) in [4.78, 5) is 7.00. The summed E-state index contributed by atoms with van der Waals surface area (Å²) in [7, 11) is 0. The van der Waals surface area contributed by atoms with Gasteiger partial charge in [-0.25, -0.2) is 4.98 Å². The second-order valence-electron chi connectivity index (χ2n) is 5.28. The van der Waals surface area contributed by atoms with Crippen LogP contribution < -0.4 is 0 Å². The van der Waals surface area contributed by atoms with Crippen LogP contribution >= 0.6 is 0 Å². The Bertz CT molecular complexity index is 549. The molecule has 4 nitrogen and oxygen atoms in total. The summed E-state index contributed by atoms with van der Waals surface area (Å²) >= 11 is 0. The molecule has 18 heavy (non-hydrogen) atoms. The van der Waals surface area contributed by atoms with Crippen molar-refractivity contribution in [3.8, 4) is 0 Å². The lowest BCUT2D eigenvalue weighted by Crippen LogP contribution is -2.21. The Hall–Kier alpha value is -1.39. The van der Waals surface area contributed by atoms with E-state index in [4.69, 9.17) is 5.11 Å². The monoisotopic (exact) mass is 245 g/mol. The summed E-state index contributed by atoms with van der Waals surface area (Å²) in [6.07, 6.45) is 5.31. The molecule has 1 N–H and O–H groups in total. The number of likely N-dealkylation sites (tertiary alicyclic amines) is 1. The lowest BCUT2D eigenvalue weighted by molar-refractivity contribution is 0.219. The summed E-state index contributed by atoms with van der Waals surface area (Å²) in [5.74, 6) is 0.448. The normalized spacial score (nSPS) is 20.9. The Labute approximate surface area is 107 Å². The van der Waals surface area contributed by atoms with E-state index in [-0.39, 0.29) is 0 Å². The van der Waals surface area contributed by atoms with E-state index in [2.05, 4.69) is 45.7 Å². The number of pyridine rings is 1. The third kappa shape index (κ3) is 2.26. The number of hydrogen-bond acceptors (Lipinski definition) is 3. The Morgan fingerprint density at radius 1 is 1.39 bits per heavy atom. The van der Waals surface area contributed by atoms with Gasteiger partial charge in [-0.15, -0.1) is 0 Å². The van der Waals surface area contributed by atoms with E-state index in [1.165, 1.54) is 5.56 Å². The number of fused-ring (bicyclic) bond motifs is 1. The van der Waals surface area contributed by atoms with Crippen LogP contribution in [0.1, 0.15) is 17.7 Å². The second kappa shape index (κ2) is 4.71. The number of aryl methyl sites for hydroxylation is 1. The molecule has 0 aromatic carbocycles. The Morgan fingerprint density at radius 2 is 2.28 bits per heavy atom. The van der Waals surface area contributed by atoms with E-state index in [9.17, 15) is 0 Å². The lowest BCUT2D eigenvalue weighted by atomic mass is 10.1. The highest BCUT2D eigenvalue weighted by Gasteiger charge is 2.22. The van der Waals surface area contributed by atoms with Gasteiger partial charge in [-0.2, -0.15) is 0 Å². The number of aromatic nitrogens is 2. The fraction of sp³-hybridized carbons (Fsp3) is 0.500. The fourth-order valence-electron chi connectivity index (χ4n) is 2.67. The first-order valence-corrected chi connectivity index (χ1v) is 6.52. The molecule has 96 valence electrons. The molecule has 1 aliphatic heterocycles. The highest BCUT2D eigenvalue weighted by Crippen LogP contribution is 2.18. The van der Waals surface area contributed by atoms with Crippen LogP contribution in [0.25, 0.3) is 5.65 Å². The van der Waals surface area contributed by atoms with Gasteiger partial charge in [0.25, 0.3) is 0 Å². The van der Waals surface area contributed by atoms with Crippen molar-refractivity contribution in [3.63, 3.8) is 0 Å². The largest absolute Gasteiger partial charge is 0.396 e. The van der Waals surface area contributed by atoms with Crippen LogP contribution in [0.15, 0.2) is 24.5 Å². The van der Waals surface area contributed by atoms with Crippen LogP contribution in [0.3, 0.4) is 0 Å². The van der Waals surface area contributed by atoms with Gasteiger partial charge in [-0.1, -0.05) is 6.07 Å². The SMILES string of the molecule is Cc1ccc2nc(CN3CCC(CO)C3)cn2c1. The molecule has 2 aromatic rings. The first-order chi connectivity index (χ1) is 8.74. The van der Waals surface area contributed by atoms with Crippen LogP contribution in [-0.4, -0.2) is 39.1 Å². The Balaban J connectivity index is 1.75. The molecule has 0 amide bonds. The van der Waals surface area contributed by atoms with Gasteiger partial charge in [-0.3, -0.25) is 4.90 Å². The zero-order chi connectivity index (χ0) is 12.5. The highest BCUT2D eigenvalue weighted by molar-refractivity contribution is 5.41. The van der Waals surface area contributed by atoms with Crippen molar-refractivity contribution in [1.29, 1.82) is 0 Å². The molecule has 0 bridgehead atoms. The van der Waals surface area contributed by atoms with Crippen molar-refractivity contribution in [2.45, 2.75) is 19.9 Å². The number of imidazole rings is 1. The van der Waals surface area contributed by atoms with Gasteiger partial charge in [0, 0.05) is 32.1 Å². The predicted molar refractivity (Wildman–Crippen MR) is 70.4 cm³/mol. The average Bonchev–Trinajstić information content (AvgIpc) is 2.95. The molecule has 3 rings (SSSR count). The van der Waals surface area contributed by atoms with Crippen LogP contribution in [0, 0.1) is 12.8 Å². The maximum atomic E-state index is 9.15. The predicted octanol–water partition coefficient (Wildman–Crippen LogP) is 1.46. The number of rotatable bonds is 3. The second-order valence-corrected chi connectivity index (χ2v) is 5.28. The van der Waals surface area contributed by atoms with Crippen molar-refractivity contribution in [2.24, 2.45) is 5.92 Å². The third-order valence-electron chi connectivity index (χ3n) is 3.66. The number of aliphatic hydroxyl groups is 1. The van der Waals surface area contributed by atoms with E-state index < -0.39 is 0 Å².